The van der Waals surface area contributed by atoms with Gasteiger partial charge >= 0.3 is 12.2 Å². The zero-order valence-corrected chi connectivity index (χ0v) is 18.6. The van der Waals surface area contributed by atoms with E-state index in [4.69, 9.17) is 9.47 Å². The maximum Gasteiger partial charge on any atom is 0.410 e. The minimum atomic E-state index is -0.659. The van der Waals surface area contributed by atoms with Gasteiger partial charge in [-0.3, -0.25) is 4.79 Å². The van der Waals surface area contributed by atoms with Crippen molar-refractivity contribution in [3.63, 3.8) is 0 Å². The van der Waals surface area contributed by atoms with Crippen LogP contribution < -0.4 is 5.32 Å². The number of carbonyl (C=O) groups excluding carboxylic acids is 3. The van der Waals surface area contributed by atoms with Crippen LogP contribution in [0.4, 0.5) is 9.59 Å². The predicted molar refractivity (Wildman–Crippen MR) is 107 cm³/mol. The Hall–Kier alpha value is -1.99. The van der Waals surface area contributed by atoms with E-state index in [0.717, 1.165) is 6.42 Å². The summed E-state index contributed by atoms with van der Waals surface area (Å²) in [5, 5.41) is 2.73. The van der Waals surface area contributed by atoms with E-state index in [9.17, 15) is 14.4 Å². The summed E-state index contributed by atoms with van der Waals surface area (Å²) in [6.45, 7) is 16.3. The lowest BCUT2D eigenvalue weighted by Gasteiger charge is -2.38. The zero-order chi connectivity index (χ0) is 21.7. The lowest BCUT2D eigenvalue weighted by molar-refractivity contribution is -0.136. The van der Waals surface area contributed by atoms with Crippen molar-refractivity contribution in [3.05, 3.63) is 0 Å². The zero-order valence-electron chi connectivity index (χ0n) is 18.6. The first kappa shape index (κ1) is 24.0. The first-order valence-electron chi connectivity index (χ1n) is 9.99. The molecule has 0 aromatic heterocycles. The van der Waals surface area contributed by atoms with Gasteiger partial charge in [-0.1, -0.05) is 20.3 Å². The molecule has 1 rings (SSSR count). The molecule has 0 spiro atoms. The second-order valence-electron chi connectivity index (χ2n) is 9.30. The van der Waals surface area contributed by atoms with Crippen LogP contribution in [0.3, 0.4) is 0 Å². The van der Waals surface area contributed by atoms with E-state index < -0.39 is 23.3 Å². The molecule has 1 fully saturated rings. The molecule has 0 aliphatic carbocycles. The van der Waals surface area contributed by atoms with E-state index in [-0.39, 0.29) is 17.9 Å². The summed E-state index contributed by atoms with van der Waals surface area (Å²) in [6, 6.07) is -0.659. The third kappa shape index (κ3) is 7.94. The lowest BCUT2D eigenvalue weighted by atomic mass is 9.97. The van der Waals surface area contributed by atoms with Gasteiger partial charge in [-0.2, -0.15) is 0 Å². The summed E-state index contributed by atoms with van der Waals surface area (Å²) in [5.41, 5.74) is -1.19. The van der Waals surface area contributed by atoms with Gasteiger partial charge in [0.15, 0.2) is 0 Å². The molecular weight excluding hydrogens is 362 g/mol. The highest BCUT2D eigenvalue weighted by Gasteiger charge is 2.34. The molecule has 2 unspecified atom stereocenters. The average Bonchev–Trinajstić information content (AvgIpc) is 2.55. The molecule has 2 atom stereocenters. The summed E-state index contributed by atoms with van der Waals surface area (Å²) in [4.78, 5) is 40.7. The van der Waals surface area contributed by atoms with Crippen molar-refractivity contribution in [1.29, 1.82) is 0 Å². The summed E-state index contributed by atoms with van der Waals surface area (Å²) >= 11 is 0. The third-order valence-corrected chi connectivity index (χ3v) is 4.39. The van der Waals surface area contributed by atoms with Gasteiger partial charge in [0, 0.05) is 26.2 Å². The van der Waals surface area contributed by atoms with E-state index in [1.807, 2.05) is 34.6 Å². The molecule has 0 aromatic rings. The van der Waals surface area contributed by atoms with Gasteiger partial charge in [-0.15, -0.1) is 0 Å². The van der Waals surface area contributed by atoms with Gasteiger partial charge < -0.3 is 24.6 Å². The molecule has 162 valence electrons. The minimum Gasteiger partial charge on any atom is -0.444 e. The van der Waals surface area contributed by atoms with Crippen molar-refractivity contribution in [3.8, 4) is 0 Å². The number of piperazine rings is 1. The molecule has 0 bridgehead atoms. The molecule has 1 heterocycles. The number of ether oxygens (including phenoxy) is 2. The maximum atomic E-state index is 13.0. The van der Waals surface area contributed by atoms with E-state index >= 15 is 0 Å². The number of rotatable bonds is 4. The van der Waals surface area contributed by atoms with Crippen molar-refractivity contribution in [2.24, 2.45) is 5.92 Å². The molecule has 3 amide bonds. The van der Waals surface area contributed by atoms with Gasteiger partial charge in [-0.05, 0) is 47.5 Å². The van der Waals surface area contributed by atoms with Crippen LogP contribution in [0.1, 0.15) is 61.8 Å². The van der Waals surface area contributed by atoms with Crippen molar-refractivity contribution < 1.29 is 23.9 Å². The average molecular weight is 400 g/mol. The topological polar surface area (TPSA) is 88.2 Å². The predicted octanol–water partition coefficient (Wildman–Crippen LogP) is 3.01. The monoisotopic (exact) mass is 399 g/mol. The van der Waals surface area contributed by atoms with Crippen LogP contribution in [0, 0.1) is 5.92 Å². The highest BCUT2D eigenvalue weighted by atomic mass is 16.6. The molecule has 0 radical (unpaired) electrons. The molecule has 0 saturated carbocycles. The van der Waals surface area contributed by atoms with Crippen molar-refractivity contribution in [1.82, 2.24) is 15.1 Å². The molecule has 8 nitrogen and oxygen atoms in total. The van der Waals surface area contributed by atoms with Gasteiger partial charge in [0.05, 0.1) is 0 Å². The molecule has 1 aliphatic heterocycles. The Morgan fingerprint density at radius 2 is 1.36 bits per heavy atom. The Kier molecular flexibility index (Phi) is 8.14. The van der Waals surface area contributed by atoms with Crippen LogP contribution >= 0.6 is 0 Å². The Balaban J connectivity index is 2.71. The van der Waals surface area contributed by atoms with Crippen molar-refractivity contribution in [2.45, 2.75) is 79.1 Å². The van der Waals surface area contributed by atoms with Crippen LogP contribution in [0.5, 0.6) is 0 Å². The fourth-order valence-corrected chi connectivity index (χ4v) is 2.75. The fourth-order valence-electron chi connectivity index (χ4n) is 2.75. The van der Waals surface area contributed by atoms with Gasteiger partial charge in [-0.25, -0.2) is 9.59 Å². The van der Waals surface area contributed by atoms with E-state index in [2.05, 4.69) is 5.32 Å². The maximum absolute atomic E-state index is 13.0. The Morgan fingerprint density at radius 3 is 1.79 bits per heavy atom. The minimum absolute atomic E-state index is 0.0381. The number of alkyl carbamates (subject to hydrolysis) is 1. The number of hydrogen-bond acceptors (Lipinski definition) is 5. The van der Waals surface area contributed by atoms with E-state index in [0.29, 0.717) is 26.2 Å². The molecule has 0 aromatic carbocycles. The first-order valence-corrected chi connectivity index (χ1v) is 9.99. The number of nitrogens with one attached hydrogen (secondary N) is 1. The lowest BCUT2D eigenvalue weighted by Crippen LogP contribution is -2.58. The third-order valence-electron chi connectivity index (χ3n) is 4.39. The summed E-state index contributed by atoms with van der Waals surface area (Å²) < 4.78 is 10.7. The number of nitrogens with zero attached hydrogens (tertiary/aromatic N) is 2. The number of amides is 3. The Morgan fingerprint density at radius 1 is 0.893 bits per heavy atom. The van der Waals surface area contributed by atoms with Crippen LogP contribution in [-0.4, -0.2) is 71.3 Å². The standard InChI is InChI=1S/C20H37N3O5/c1-9-14(2)15(21-17(25)27-19(3,4)5)16(24)22-10-12-23(13-11-22)18(26)28-20(6,7)8/h14-15H,9-13H2,1-8H3,(H,21,25). The Bertz CT molecular complexity index is 557. The molecule has 1 N–H and O–H groups in total. The summed E-state index contributed by atoms with van der Waals surface area (Å²) in [7, 11) is 0. The molecule has 1 saturated heterocycles. The summed E-state index contributed by atoms with van der Waals surface area (Å²) in [6.07, 6.45) is -0.229. The van der Waals surface area contributed by atoms with Crippen LogP contribution in [-0.2, 0) is 14.3 Å². The van der Waals surface area contributed by atoms with E-state index in [1.165, 1.54) is 0 Å². The number of carbonyl (C=O) groups is 3. The quantitative estimate of drug-likeness (QED) is 0.785. The van der Waals surface area contributed by atoms with Crippen molar-refractivity contribution in [2.75, 3.05) is 26.2 Å². The largest absolute Gasteiger partial charge is 0.444 e. The highest BCUT2D eigenvalue weighted by Crippen LogP contribution is 2.16. The molecule has 8 heteroatoms. The first-order chi connectivity index (χ1) is 12.7. The van der Waals surface area contributed by atoms with Gasteiger partial charge in [0.2, 0.25) is 5.91 Å². The van der Waals surface area contributed by atoms with Crippen LogP contribution in [0.25, 0.3) is 0 Å². The molecular formula is C20H37N3O5. The second kappa shape index (κ2) is 9.47. The van der Waals surface area contributed by atoms with Gasteiger partial charge in [0.1, 0.15) is 17.2 Å². The Labute approximate surface area is 168 Å². The number of hydrogen-bond donors (Lipinski definition) is 1. The highest BCUT2D eigenvalue weighted by molar-refractivity contribution is 5.86. The van der Waals surface area contributed by atoms with E-state index in [1.54, 1.807) is 30.6 Å². The molecule has 1 aliphatic rings. The second-order valence-corrected chi connectivity index (χ2v) is 9.30. The smallest absolute Gasteiger partial charge is 0.410 e. The fraction of sp³-hybridized carbons (Fsp3) is 0.850. The normalized spacial score (nSPS) is 17.6. The van der Waals surface area contributed by atoms with Gasteiger partial charge in [0.25, 0.3) is 0 Å². The SMILES string of the molecule is CCC(C)C(NC(=O)OC(C)(C)C)C(=O)N1CCN(C(=O)OC(C)(C)C)CC1. The molecule has 28 heavy (non-hydrogen) atoms. The van der Waals surface area contributed by atoms with Crippen LogP contribution in [0.2, 0.25) is 0 Å². The van der Waals surface area contributed by atoms with Crippen molar-refractivity contribution >= 4 is 18.1 Å². The van der Waals surface area contributed by atoms with Crippen LogP contribution in [0.15, 0.2) is 0 Å². The summed E-state index contributed by atoms with van der Waals surface area (Å²) in [5.74, 6) is -0.187.